The molecule has 1 aromatic carbocycles. The van der Waals surface area contributed by atoms with Gasteiger partial charge in [0, 0.05) is 38.2 Å². The summed E-state index contributed by atoms with van der Waals surface area (Å²) in [6.07, 6.45) is 11.1. The van der Waals surface area contributed by atoms with Gasteiger partial charge in [-0.15, -0.1) is 0 Å². The van der Waals surface area contributed by atoms with Crippen molar-refractivity contribution in [1.82, 2.24) is 9.80 Å². The number of nitrogens with zero attached hydrogens (tertiary/aromatic N) is 2. The molecule has 0 bridgehead atoms. The SMILES string of the molecule is CC(=O)OC(C(=O)N(C)[C@H]1CC[C@@]2(C)C(=CC[C@H]3[C@@H]4CC[C@@H]5[C@H](C)N(C)C[C@@]54CC[C@@H]32)C1)c1ccc(F)cc1. The summed E-state index contributed by atoms with van der Waals surface area (Å²) in [6, 6.07) is 6.46. The lowest BCUT2D eigenvalue weighted by Gasteiger charge is -2.58. The molecule has 1 heterocycles. The third kappa shape index (κ3) is 4.19. The first-order valence-electron chi connectivity index (χ1n) is 15.1. The molecule has 1 aromatic rings. The molecule has 39 heavy (non-hydrogen) atoms. The number of halogens is 1. The van der Waals surface area contributed by atoms with Gasteiger partial charge in [0.05, 0.1) is 0 Å². The number of ether oxygens (including phenoxy) is 1. The molecule has 6 rings (SSSR count). The van der Waals surface area contributed by atoms with Crippen LogP contribution in [0.4, 0.5) is 4.39 Å². The maximum atomic E-state index is 13.6. The highest BCUT2D eigenvalue weighted by molar-refractivity contribution is 5.84. The fourth-order valence-electron chi connectivity index (χ4n) is 10.2. The van der Waals surface area contributed by atoms with Crippen molar-refractivity contribution in [1.29, 1.82) is 0 Å². The molecule has 5 aliphatic rings. The zero-order valence-electron chi connectivity index (χ0n) is 24.3. The summed E-state index contributed by atoms with van der Waals surface area (Å²) in [5.74, 6) is 2.11. The normalized spacial score (nSPS) is 40.0. The Hall–Kier alpha value is -2.21. The molecule has 1 unspecified atom stereocenters. The molecule has 1 saturated heterocycles. The highest BCUT2D eigenvalue weighted by Crippen LogP contribution is 2.68. The Labute approximate surface area is 233 Å². The molecule has 4 fully saturated rings. The smallest absolute Gasteiger partial charge is 0.303 e. The third-order valence-corrected chi connectivity index (χ3v) is 12.3. The van der Waals surface area contributed by atoms with E-state index < -0.39 is 12.1 Å². The van der Waals surface area contributed by atoms with Crippen molar-refractivity contribution in [3.05, 3.63) is 47.3 Å². The standard InChI is InChI=1S/C33H45FN2O3/c1-20-27-12-13-29-26-11-8-23-18-25(14-16-32(23,3)28(26)15-17-33(27,29)19-35(20)4)36(5)31(38)30(39-21(2)37)22-6-9-24(34)10-7-22/h6-10,20,25-30H,11-19H2,1-5H3/t20-,25-,26+,27+,28-,29-,30?,32-,33-/m0/s1. The summed E-state index contributed by atoms with van der Waals surface area (Å²) in [4.78, 5) is 29.9. The highest BCUT2D eigenvalue weighted by atomic mass is 19.1. The van der Waals surface area contributed by atoms with Crippen molar-refractivity contribution < 1.29 is 18.7 Å². The number of fused-ring (bicyclic) bond motifs is 4. The van der Waals surface area contributed by atoms with Crippen LogP contribution >= 0.6 is 0 Å². The zero-order chi connectivity index (χ0) is 27.7. The average molecular weight is 537 g/mol. The summed E-state index contributed by atoms with van der Waals surface area (Å²) in [6.45, 7) is 7.56. The van der Waals surface area contributed by atoms with Gasteiger partial charge in [0.2, 0.25) is 6.10 Å². The van der Waals surface area contributed by atoms with Crippen molar-refractivity contribution in [2.24, 2.45) is 34.5 Å². The van der Waals surface area contributed by atoms with E-state index in [9.17, 15) is 14.0 Å². The number of hydrogen-bond donors (Lipinski definition) is 0. The van der Waals surface area contributed by atoms with Crippen molar-refractivity contribution >= 4 is 11.9 Å². The second kappa shape index (κ2) is 9.71. The van der Waals surface area contributed by atoms with Crippen LogP contribution in [-0.4, -0.2) is 54.4 Å². The zero-order valence-corrected chi connectivity index (χ0v) is 24.3. The first-order chi connectivity index (χ1) is 18.5. The molecule has 212 valence electrons. The number of benzene rings is 1. The quantitative estimate of drug-likeness (QED) is 0.342. The van der Waals surface area contributed by atoms with Gasteiger partial charge in [-0.05, 0) is 112 Å². The van der Waals surface area contributed by atoms with Crippen LogP contribution in [0.15, 0.2) is 35.9 Å². The van der Waals surface area contributed by atoms with Crippen molar-refractivity contribution in [3.8, 4) is 0 Å². The molecule has 0 radical (unpaired) electrons. The van der Waals surface area contributed by atoms with Gasteiger partial charge in [0.15, 0.2) is 0 Å². The van der Waals surface area contributed by atoms with E-state index in [0.717, 1.165) is 42.9 Å². The summed E-state index contributed by atoms with van der Waals surface area (Å²) >= 11 is 0. The van der Waals surface area contributed by atoms with E-state index in [1.165, 1.54) is 75.4 Å². The fraction of sp³-hybridized carbons (Fsp3) is 0.697. The molecule has 9 atom stereocenters. The van der Waals surface area contributed by atoms with E-state index in [1.807, 2.05) is 7.05 Å². The molecule has 0 aromatic heterocycles. The molecule has 3 saturated carbocycles. The van der Waals surface area contributed by atoms with Crippen LogP contribution in [0.2, 0.25) is 0 Å². The highest BCUT2D eigenvalue weighted by Gasteiger charge is 2.64. The number of rotatable bonds is 4. The van der Waals surface area contributed by atoms with E-state index in [4.69, 9.17) is 4.74 Å². The Kier molecular flexibility index (Phi) is 6.72. The Morgan fingerprint density at radius 3 is 2.51 bits per heavy atom. The summed E-state index contributed by atoms with van der Waals surface area (Å²) in [5, 5.41) is 0. The lowest BCUT2D eigenvalue weighted by Crippen LogP contribution is -2.53. The van der Waals surface area contributed by atoms with Crippen LogP contribution in [0.5, 0.6) is 0 Å². The number of carbonyl (C=O) groups is 2. The summed E-state index contributed by atoms with van der Waals surface area (Å²) in [7, 11) is 4.17. The second-order valence-electron chi connectivity index (χ2n) is 13.8. The topological polar surface area (TPSA) is 49.9 Å². The largest absolute Gasteiger partial charge is 0.447 e. The van der Waals surface area contributed by atoms with Crippen molar-refractivity contribution in [2.45, 2.75) is 90.3 Å². The molecule has 5 nitrogen and oxygen atoms in total. The number of likely N-dealkylation sites (N-methyl/N-ethyl adjacent to an activating group) is 1. The number of allylic oxidation sites excluding steroid dienone is 1. The number of likely N-dealkylation sites (tertiary alicyclic amines) is 1. The Bertz CT molecular complexity index is 1170. The predicted molar refractivity (Wildman–Crippen MR) is 149 cm³/mol. The van der Waals surface area contributed by atoms with Gasteiger partial charge in [-0.2, -0.15) is 0 Å². The Morgan fingerprint density at radius 1 is 1.08 bits per heavy atom. The van der Waals surface area contributed by atoms with Crippen LogP contribution in [0.3, 0.4) is 0 Å². The van der Waals surface area contributed by atoms with Gasteiger partial charge in [0.1, 0.15) is 5.82 Å². The van der Waals surface area contributed by atoms with Gasteiger partial charge in [-0.25, -0.2) is 4.39 Å². The maximum Gasteiger partial charge on any atom is 0.303 e. The van der Waals surface area contributed by atoms with Crippen LogP contribution in [0.25, 0.3) is 0 Å². The summed E-state index contributed by atoms with van der Waals surface area (Å²) in [5.41, 5.74) is 2.78. The van der Waals surface area contributed by atoms with Gasteiger partial charge in [-0.1, -0.05) is 30.7 Å². The number of amides is 1. The van der Waals surface area contributed by atoms with Crippen molar-refractivity contribution in [3.63, 3.8) is 0 Å². The molecule has 1 spiro atoms. The number of esters is 1. The number of hydrogen-bond acceptors (Lipinski definition) is 4. The first-order valence-corrected chi connectivity index (χ1v) is 15.1. The minimum atomic E-state index is -1.05. The van der Waals surface area contributed by atoms with Gasteiger partial charge < -0.3 is 14.5 Å². The van der Waals surface area contributed by atoms with Crippen LogP contribution < -0.4 is 0 Å². The van der Waals surface area contributed by atoms with E-state index in [0.29, 0.717) is 17.0 Å². The second-order valence-corrected chi connectivity index (χ2v) is 13.8. The minimum Gasteiger partial charge on any atom is -0.447 e. The van der Waals surface area contributed by atoms with Crippen LogP contribution in [-0.2, 0) is 14.3 Å². The average Bonchev–Trinajstić information content (AvgIpc) is 3.39. The van der Waals surface area contributed by atoms with Gasteiger partial charge in [0.25, 0.3) is 5.91 Å². The van der Waals surface area contributed by atoms with Gasteiger partial charge >= 0.3 is 5.97 Å². The molecule has 4 aliphatic carbocycles. The van der Waals surface area contributed by atoms with E-state index in [-0.39, 0.29) is 23.2 Å². The van der Waals surface area contributed by atoms with E-state index >= 15 is 0 Å². The van der Waals surface area contributed by atoms with Crippen molar-refractivity contribution in [2.75, 3.05) is 20.6 Å². The molecular formula is C33H45FN2O3. The molecule has 6 heteroatoms. The lowest BCUT2D eigenvalue weighted by atomic mass is 9.47. The van der Waals surface area contributed by atoms with E-state index in [2.05, 4.69) is 31.9 Å². The number of carbonyl (C=O) groups excluding carboxylic acids is 2. The Morgan fingerprint density at radius 2 is 1.79 bits per heavy atom. The molecule has 0 N–H and O–H groups in total. The third-order valence-electron chi connectivity index (χ3n) is 12.3. The van der Waals surface area contributed by atoms with Gasteiger partial charge in [-0.3, -0.25) is 9.59 Å². The predicted octanol–water partition coefficient (Wildman–Crippen LogP) is 6.15. The monoisotopic (exact) mass is 536 g/mol. The van der Waals surface area contributed by atoms with E-state index in [1.54, 1.807) is 4.90 Å². The lowest BCUT2D eigenvalue weighted by molar-refractivity contribution is -0.160. The molecule has 1 aliphatic heterocycles. The van der Waals surface area contributed by atoms with Crippen LogP contribution in [0, 0.1) is 40.3 Å². The van der Waals surface area contributed by atoms with Crippen LogP contribution in [0.1, 0.15) is 83.8 Å². The molecule has 1 amide bonds. The Balaban J connectivity index is 1.20. The molecular weight excluding hydrogens is 491 g/mol. The minimum absolute atomic E-state index is 0.0713. The first kappa shape index (κ1) is 27.0. The fourth-order valence-corrected chi connectivity index (χ4v) is 10.2. The maximum absolute atomic E-state index is 13.6. The summed E-state index contributed by atoms with van der Waals surface area (Å²) < 4.78 is 19.0.